The molecular formula is C12H18N2O. The number of carbonyl (C=O) groups excluding carboxylic acids is 1. The van der Waals surface area contributed by atoms with Gasteiger partial charge in [0, 0.05) is 13.0 Å². The third kappa shape index (κ3) is 6.57. The summed E-state index contributed by atoms with van der Waals surface area (Å²) in [5.41, 5.74) is 0. The van der Waals surface area contributed by atoms with Crippen LogP contribution in [0.15, 0.2) is 0 Å². The lowest BCUT2D eigenvalue weighted by Crippen LogP contribution is -2.30. The quantitative estimate of drug-likeness (QED) is 0.510. The fourth-order valence-electron chi connectivity index (χ4n) is 1.23. The Kier molecular flexibility index (Phi) is 8.19. The second-order valence-electron chi connectivity index (χ2n) is 3.42. The van der Waals surface area contributed by atoms with Gasteiger partial charge in [0.25, 0.3) is 0 Å². The molecule has 0 rings (SSSR count). The average Bonchev–Trinajstić information content (AvgIpc) is 2.25. The summed E-state index contributed by atoms with van der Waals surface area (Å²) >= 11 is 0. The SMILES string of the molecule is C#CCCCCNC(=O)C(C#N)CCC. The molecule has 0 aromatic rings. The largest absolute Gasteiger partial charge is 0.355 e. The van der Waals surface area contributed by atoms with Crippen LogP contribution in [0.5, 0.6) is 0 Å². The minimum Gasteiger partial charge on any atom is -0.355 e. The number of carbonyl (C=O) groups is 1. The van der Waals surface area contributed by atoms with E-state index in [0.29, 0.717) is 13.0 Å². The van der Waals surface area contributed by atoms with Crippen molar-refractivity contribution in [2.24, 2.45) is 5.92 Å². The van der Waals surface area contributed by atoms with Crippen LogP contribution in [-0.4, -0.2) is 12.5 Å². The van der Waals surface area contributed by atoms with E-state index in [1.807, 2.05) is 13.0 Å². The summed E-state index contributed by atoms with van der Waals surface area (Å²) in [5, 5.41) is 11.5. The Morgan fingerprint density at radius 3 is 2.80 bits per heavy atom. The molecule has 0 saturated carbocycles. The molecule has 1 atom stereocenters. The maximum Gasteiger partial charge on any atom is 0.237 e. The van der Waals surface area contributed by atoms with E-state index in [2.05, 4.69) is 11.2 Å². The number of nitriles is 1. The smallest absolute Gasteiger partial charge is 0.237 e. The molecule has 0 fully saturated rings. The van der Waals surface area contributed by atoms with Crippen LogP contribution in [0, 0.1) is 29.6 Å². The van der Waals surface area contributed by atoms with Crippen molar-refractivity contribution in [3.05, 3.63) is 0 Å². The molecule has 0 bridgehead atoms. The number of terminal acetylenes is 1. The minimum atomic E-state index is -0.498. The zero-order chi connectivity index (χ0) is 11.5. The van der Waals surface area contributed by atoms with Crippen molar-refractivity contribution in [3.8, 4) is 18.4 Å². The molecule has 0 spiro atoms. The molecule has 3 heteroatoms. The molecule has 0 saturated heterocycles. The van der Waals surface area contributed by atoms with Gasteiger partial charge in [-0.15, -0.1) is 12.3 Å². The number of hydrogen-bond acceptors (Lipinski definition) is 2. The number of nitrogens with zero attached hydrogens (tertiary/aromatic N) is 1. The molecule has 82 valence electrons. The van der Waals surface area contributed by atoms with Gasteiger partial charge in [-0.3, -0.25) is 4.79 Å². The van der Waals surface area contributed by atoms with Gasteiger partial charge < -0.3 is 5.32 Å². The Labute approximate surface area is 91.9 Å². The zero-order valence-corrected chi connectivity index (χ0v) is 9.25. The van der Waals surface area contributed by atoms with Gasteiger partial charge in [0.1, 0.15) is 5.92 Å². The number of nitrogens with one attached hydrogen (secondary N) is 1. The van der Waals surface area contributed by atoms with Crippen molar-refractivity contribution in [1.82, 2.24) is 5.32 Å². The molecule has 3 nitrogen and oxygen atoms in total. The first-order valence-corrected chi connectivity index (χ1v) is 5.37. The van der Waals surface area contributed by atoms with Gasteiger partial charge in [-0.2, -0.15) is 5.26 Å². The van der Waals surface area contributed by atoms with Crippen LogP contribution >= 0.6 is 0 Å². The van der Waals surface area contributed by atoms with Crippen molar-refractivity contribution in [2.45, 2.75) is 39.0 Å². The maximum absolute atomic E-state index is 11.4. The van der Waals surface area contributed by atoms with Gasteiger partial charge in [0.15, 0.2) is 0 Å². The van der Waals surface area contributed by atoms with Crippen molar-refractivity contribution in [1.29, 1.82) is 5.26 Å². The van der Waals surface area contributed by atoms with Gasteiger partial charge in [-0.05, 0) is 19.3 Å². The van der Waals surface area contributed by atoms with Gasteiger partial charge in [-0.1, -0.05) is 13.3 Å². The lowest BCUT2D eigenvalue weighted by atomic mass is 10.0. The first-order chi connectivity index (χ1) is 7.26. The minimum absolute atomic E-state index is 0.153. The second kappa shape index (κ2) is 9.09. The highest BCUT2D eigenvalue weighted by atomic mass is 16.1. The summed E-state index contributed by atoms with van der Waals surface area (Å²) in [7, 11) is 0. The van der Waals surface area contributed by atoms with Gasteiger partial charge in [0.2, 0.25) is 5.91 Å². The molecule has 0 aromatic carbocycles. The third-order valence-electron chi connectivity index (χ3n) is 2.10. The summed E-state index contributed by atoms with van der Waals surface area (Å²) in [6.45, 7) is 2.58. The van der Waals surface area contributed by atoms with Crippen LogP contribution in [0.1, 0.15) is 39.0 Å². The Bertz CT molecular complexity index is 260. The van der Waals surface area contributed by atoms with Crippen LogP contribution in [-0.2, 0) is 4.79 Å². The van der Waals surface area contributed by atoms with Gasteiger partial charge in [-0.25, -0.2) is 0 Å². The molecule has 15 heavy (non-hydrogen) atoms. The topological polar surface area (TPSA) is 52.9 Å². The molecule has 1 unspecified atom stereocenters. The van der Waals surface area contributed by atoms with E-state index in [1.54, 1.807) is 0 Å². The van der Waals surface area contributed by atoms with Crippen LogP contribution < -0.4 is 5.32 Å². The number of rotatable bonds is 7. The van der Waals surface area contributed by atoms with Crippen LogP contribution in [0.25, 0.3) is 0 Å². The summed E-state index contributed by atoms with van der Waals surface area (Å²) in [4.78, 5) is 11.4. The average molecular weight is 206 g/mol. The van der Waals surface area contributed by atoms with E-state index < -0.39 is 5.92 Å². The monoisotopic (exact) mass is 206 g/mol. The summed E-state index contributed by atoms with van der Waals surface area (Å²) in [6.07, 6.45) is 9.12. The second-order valence-corrected chi connectivity index (χ2v) is 3.42. The van der Waals surface area contributed by atoms with Crippen LogP contribution in [0.4, 0.5) is 0 Å². The van der Waals surface area contributed by atoms with Gasteiger partial charge >= 0.3 is 0 Å². The molecule has 0 aromatic heterocycles. The highest BCUT2D eigenvalue weighted by Crippen LogP contribution is 2.04. The maximum atomic E-state index is 11.4. The summed E-state index contributed by atoms with van der Waals surface area (Å²) in [5.74, 6) is 1.89. The fourth-order valence-corrected chi connectivity index (χ4v) is 1.23. The first kappa shape index (κ1) is 13.5. The molecule has 0 heterocycles. The normalized spacial score (nSPS) is 11.1. The molecule has 0 aliphatic carbocycles. The number of unbranched alkanes of at least 4 members (excludes halogenated alkanes) is 2. The van der Waals surface area contributed by atoms with E-state index in [-0.39, 0.29) is 5.91 Å². The number of amides is 1. The van der Waals surface area contributed by atoms with E-state index in [1.165, 1.54) is 0 Å². The summed E-state index contributed by atoms with van der Waals surface area (Å²) < 4.78 is 0. The molecule has 0 aliphatic heterocycles. The predicted octanol–water partition coefficient (Wildman–Crippen LogP) is 1.85. The molecular weight excluding hydrogens is 188 g/mol. The van der Waals surface area contributed by atoms with Crippen LogP contribution in [0.2, 0.25) is 0 Å². The van der Waals surface area contributed by atoms with E-state index >= 15 is 0 Å². The molecule has 0 radical (unpaired) electrons. The van der Waals surface area contributed by atoms with Gasteiger partial charge in [0.05, 0.1) is 6.07 Å². The third-order valence-corrected chi connectivity index (χ3v) is 2.10. The zero-order valence-electron chi connectivity index (χ0n) is 9.25. The Hall–Kier alpha value is -1.48. The number of hydrogen-bond donors (Lipinski definition) is 1. The standard InChI is InChI=1S/C12H18N2O/c1-3-5-6-7-9-14-12(15)11(10-13)8-4-2/h1,11H,4-9H2,2H3,(H,14,15). The van der Waals surface area contributed by atoms with E-state index in [4.69, 9.17) is 11.7 Å². The molecule has 0 aliphatic rings. The molecule has 1 amide bonds. The highest BCUT2D eigenvalue weighted by Gasteiger charge is 2.15. The van der Waals surface area contributed by atoms with Crippen molar-refractivity contribution >= 4 is 5.91 Å². The Morgan fingerprint density at radius 1 is 1.53 bits per heavy atom. The fraction of sp³-hybridized carbons (Fsp3) is 0.667. The van der Waals surface area contributed by atoms with Crippen LogP contribution in [0.3, 0.4) is 0 Å². The van der Waals surface area contributed by atoms with Crippen molar-refractivity contribution < 1.29 is 4.79 Å². The van der Waals surface area contributed by atoms with E-state index in [0.717, 1.165) is 25.7 Å². The first-order valence-electron chi connectivity index (χ1n) is 5.37. The van der Waals surface area contributed by atoms with Crippen molar-refractivity contribution in [3.63, 3.8) is 0 Å². The lowest BCUT2D eigenvalue weighted by Gasteiger charge is -2.08. The highest BCUT2D eigenvalue weighted by molar-refractivity contribution is 5.80. The lowest BCUT2D eigenvalue weighted by molar-refractivity contribution is -0.123. The Morgan fingerprint density at radius 2 is 2.27 bits per heavy atom. The van der Waals surface area contributed by atoms with Crippen molar-refractivity contribution in [2.75, 3.05) is 6.54 Å². The molecule has 1 N–H and O–H groups in total. The summed E-state index contributed by atoms with van der Waals surface area (Å²) in [6, 6.07) is 2.01. The Balaban J connectivity index is 3.64. The predicted molar refractivity (Wildman–Crippen MR) is 59.7 cm³/mol. The van der Waals surface area contributed by atoms with E-state index in [9.17, 15) is 4.79 Å².